The topological polar surface area (TPSA) is 73.4 Å². The van der Waals surface area contributed by atoms with Crippen molar-refractivity contribution < 1.29 is 13.6 Å². The third-order valence-electron chi connectivity index (χ3n) is 5.46. The predicted molar refractivity (Wildman–Crippen MR) is 115 cm³/mol. The Labute approximate surface area is 180 Å². The highest BCUT2D eigenvalue weighted by Gasteiger charge is 2.20. The first-order valence-corrected chi connectivity index (χ1v) is 10.4. The zero-order valence-corrected chi connectivity index (χ0v) is 17.1. The first kappa shape index (κ1) is 20.6. The molecule has 1 aliphatic heterocycles. The molecule has 1 aliphatic rings. The Balaban J connectivity index is 1.31. The summed E-state index contributed by atoms with van der Waals surface area (Å²) in [5.41, 5.74) is 2.07. The number of nitrogens with zero attached hydrogens (tertiary/aromatic N) is 4. The van der Waals surface area contributed by atoms with Gasteiger partial charge in [-0.3, -0.25) is 4.79 Å². The van der Waals surface area contributed by atoms with Gasteiger partial charge in [0.25, 0.3) is 0 Å². The Morgan fingerprint density at radius 3 is 2.68 bits per heavy atom. The van der Waals surface area contributed by atoms with Crippen molar-refractivity contribution in [2.75, 3.05) is 31.1 Å². The number of carbonyl (C=O) groups excluding carboxylic acids is 1. The van der Waals surface area contributed by atoms with Crippen molar-refractivity contribution in [3.63, 3.8) is 0 Å². The lowest BCUT2D eigenvalue weighted by molar-refractivity contribution is -0.131. The van der Waals surface area contributed by atoms with Gasteiger partial charge in [-0.25, -0.2) is 9.37 Å². The maximum Gasteiger partial charge on any atom is 0.223 e. The molecule has 1 amide bonds. The number of oxazole rings is 1. The summed E-state index contributed by atoms with van der Waals surface area (Å²) in [5.74, 6) is 0.499. The molecule has 0 aliphatic carbocycles. The van der Waals surface area contributed by atoms with Crippen LogP contribution in [0.5, 0.6) is 0 Å². The van der Waals surface area contributed by atoms with Crippen LogP contribution in [0.2, 0.25) is 0 Å². The van der Waals surface area contributed by atoms with Gasteiger partial charge in [0.2, 0.25) is 5.91 Å². The number of carbonyl (C=O) groups is 1. The molecular formula is C24H23FN4O2. The van der Waals surface area contributed by atoms with E-state index in [0.29, 0.717) is 48.7 Å². The molecule has 31 heavy (non-hydrogen) atoms. The van der Waals surface area contributed by atoms with Crippen LogP contribution >= 0.6 is 0 Å². The minimum absolute atomic E-state index is 0.0623. The third kappa shape index (κ3) is 4.92. The van der Waals surface area contributed by atoms with Crippen molar-refractivity contribution in [1.82, 2.24) is 9.88 Å². The highest BCUT2D eigenvalue weighted by molar-refractivity contribution is 5.76. The summed E-state index contributed by atoms with van der Waals surface area (Å²) < 4.78 is 19.6. The molecule has 0 radical (unpaired) electrons. The zero-order chi connectivity index (χ0) is 21.6. The van der Waals surface area contributed by atoms with Crippen LogP contribution in [0.15, 0.2) is 59.1 Å². The van der Waals surface area contributed by atoms with Crippen LogP contribution in [0, 0.1) is 17.1 Å². The van der Waals surface area contributed by atoms with Crippen molar-refractivity contribution in [2.24, 2.45) is 0 Å². The molecule has 1 saturated heterocycles. The van der Waals surface area contributed by atoms with Crippen molar-refractivity contribution >= 4 is 11.6 Å². The van der Waals surface area contributed by atoms with E-state index in [-0.39, 0.29) is 11.7 Å². The minimum atomic E-state index is -0.363. The lowest BCUT2D eigenvalue weighted by atomic mass is 10.2. The Hall–Kier alpha value is -3.66. The Morgan fingerprint density at radius 2 is 1.90 bits per heavy atom. The van der Waals surface area contributed by atoms with Gasteiger partial charge in [0.15, 0.2) is 11.7 Å². The fourth-order valence-electron chi connectivity index (χ4n) is 3.76. The molecule has 158 valence electrons. The summed E-state index contributed by atoms with van der Waals surface area (Å²) in [6.45, 7) is 2.96. The molecule has 4 rings (SSSR count). The molecule has 0 bridgehead atoms. The van der Waals surface area contributed by atoms with Gasteiger partial charge < -0.3 is 14.2 Å². The molecule has 7 heteroatoms. The minimum Gasteiger partial charge on any atom is -0.441 e. The van der Waals surface area contributed by atoms with E-state index >= 15 is 0 Å². The number of hydrogen-bond acceptors (Lipinski definition) is 5. The number of aryl methyl sites for hydroxylation is 1. The second-order valence-corrected chi connectivity index (χ2v) is 7.48. The summed E-state index contributed by atoms with van der Waals surface area (Å²) >= 11 is 0. The van der Waals surface area contributed by atoms with E-state index in [0.717, 1.165) is 25.2 Å². The maximum absolute atomic E-state index is 13.9. The average molecular weight is 418 g/mol. The van der Waals surface area contributed by atoms with Crippen molar-refractivity contribution in [3.05, 3.63) is 72.0 Å². The van der Waals surface area contributed by atoms with Gasteiger partial charge in [0.1, 0.15) is 5.82 Å². The number of hydrogen-bond donors (Lipinski definition) is 0. The van der Waals surface area contributed by atoms with Gasteiger partial charge in [-0.05, 0) is 42.8 Å². The van der Waals surface area contributed by atoms with Crippen molar-refractivity contribution in [3.8, 4) is 17.4 Å². The fraction of sp³-hybridized carbons (Fsp3) is 0.292. The van der Waals surface area contributed by atoms with Crippen LogP contribution in [-0.2, 0) is 11.2 Å². The standard InChI is InChI=1S/C24H23FN4O2/c25-21-5-2-1-4-20(21)22-17-27-23(31-22)10-11-24(30)29-13-3-12-28(14-15-29)19-8-6-18(16-26)7-9-19/h1-2,4-9,17H,3,10-15H2. The maximum atomic E-state index is 13.9. The summed E-state index contributed by atoms with van der Waals surface area (Å²) in [4.78, 5) is 21.0. The van der Waals surface area contributed by atoms with Gasteiger partial charge in [0, 0.05) is 44.7 Å². The monoisotopic (exact) mass is 418 g/mol. The highest BCUT2D eigenvalue weighted by atomic mass is 19.1. The molecule has 1 aromatic heterocycles. The highest BCUT2D eigenvalue weighted by Crippen LogP contribution is 2.24. The first-order chi connectivity index (χ1) is 15.1. The third-order valence-corrected chi connectivity index (χ3v) is 5.46. The molecular weight excluding hydrogens is 395 g/mol. The lowest BCUT2D eigenvalue weighted by Gasteiger charge is -2.23. The Bertz CT molecular complexity index is 1090. The van der Waals surface area contributed by atoms with Gasteiger partial charge in [-0.2, -0.15) is 5.26 Å². The average Bonchev–Trinajstić information content (AvgIpc) is 3.13. The van der Waals surface area contributed by atoms with Gasteiger partial charge in [-0.15, -0.1) is 0 Å². The van der Waals surface area contributed by atoms with E-state index in [1.54, 1.807) is 18.2 Å². The van der Waals surface area contributed by atoms with Crippen molar-refractivity contribution in [1.29, 1.82) is 5.26 Å². The predicted octanol–water partition coefficient (Wildman–Crippen LogP) is 4.02. The van der Waals surface area contributed by atoms with E-state index in [4.69, 9.17) is 9.68 Å². The first-order valence-electron chi connectivity index (χ1n) is 10.4. The van der Waals surface area contributed by atoms with Crippen LogP contribution in [0.1, 0.15) is 24.3 Å². The second-order valence-electron chi connectivity index (χ2n) is 7.48. The number of rotatable bonds is 5. The summed E-state index contributed by atoms with van der Waals surface area (Å²) in [6.07, 6.45) is 3.05. The number of amides is 1. The number of nitriles is 1. The largest absolute Gasteiger partial charge is 0.441 e. The SMILES string of the molecule is N#Cc1ccc(N2CCCN(C(=O)CCc3ncc(-c4ccccc4F)o3)CC2)cc1. The van der Waals surface area contributed by atoms with E-state index in [9.17, 15) is 9.18 Å². The molecule has 0 unspecified atom stereocenters. The lowest BCUT2D eigenvalue weighted by Crippen LogP contribution is -2.35. The molecule has 0 saturated carbocycles. The summed E-state index contributed by atoms with van der Waals surface area (Å²) in [6, 6.07) is 16.0. The van der Waals surface area contributed by atoms with Gasteiger partial charge in [-0.1, -0.05) is 12.1 Å². The Kier molecular flexibility index (Phi) is 6.27. The molecule has 3 aromatic rings. The normalized spacial score (nSPS) is 14.2. The van der Waals surface area contributed by atoms with Gasteiger partial charge >= 0.3 is 0 Å². The van der Waals surface area contributed by atoms with Crippen LogP contribution in [0.3, 0.4) is 0 Å². The van der Waals surface area contributed by atoms with E-state index < -0.39 is 0 Å². The number of aromatic nitrogens is 1. The molecule has 6 nitrogen and oxygen atoms in total. The second kappa shape index (κ2) is 9.43. The fourth-order valence-corrected chi connectivity index (χ4v) is 3.76. The molecule has 2 heterocycles. The molecule has 0 spiro atoms. The van der Waals surface area contributed by atoms with Gasteiger partial charge in [0.05, 0.1) is 23.4 Å². The number of halogens is 1. The van der Waals surface area contributed by atoms with Crippen LogP contribution in [0.4, 0.5) is 10.1 Å². The number of anilines is 1. The molecule has 1 fully saturated rings. The molecule has 2 aromatic carbocycles. The van der Waals surface area contributed by atoms with Crippen LogP contribution in [-0.4, -0.2) is 42.0 Å². The van der Waals surface area contributed by atoms with E-state index in [2.05, 4.69) is 16.0 Å². The molecule has 0 atom stereocenters. The van der Waals surface area contributed by atoms with Crippen molar-refractivity contribution in [2.45, 2.75) is 19.3 Å². The van der Waals surface area contributed by atoms with E-state index in [1.165, 1.54) is 12.3 Å². The quantitative estimate of drug-likeness (QED) is 0.626. The Morgan fingerprint density at radius 1 is 1.10 bits per heavy atom. The van der Waals surface area contributed by atoms with Crippen LogP contribution in [0.25, 0.3) is 11.3 Å². The smallest absolute Gasteiger partial charge is 0.223 e. The van der Waals surface area contributed by atoms with E-state index in [1.807, 2.05) is 29.2 Å². The summed E-state index contributed by atoms with van der Waals surface area (Å²) in [7, 11) is 0. The van der Waals surface area contributed by atoms with Crippen LogP contribution < -0.4 is 4.90 Å². The summed E-state index contributed by atoms with van der Waals surface area (Å²) in [5, 5.41) is 8.95. The molecule has 0 N–H and O–H groups in total. The number of benzene rings is 2. The zero-order valence-electron chi connectivity index (χ0n) is 17.1.